The van der Waals surface area contributed by atoms with Crippen molar-refractivity contribution in [3.8, 4) is 0 Å². The zero-order chi connectivity index (χ0) is 27.1. The minimum absolute atomic E-state index is 0.00874. The number of carboxylic acid groups (broad SMARTS) is 1. The minimum Gasteiger partial charge on any atom is -0.477 e. The van der Waals surface area contributed by atoms with E-state index in [1.165, 1.54) is 12.5 Å². The molecule has 198 valence electrons. The Morgan fingerprint density at radius 1 is 1.43 bits per heavy atom. The highest BCUT2D eigenvalue weighted by Crippen LogP contribution is 2.42. The number of thioether (sulfide) groups is 2. The molecule has 0 saturated carbocycles. The molecule has 4 heterocycles. The van der Waals surface area contributed by atoms with E-state index in [9.17, 15) is 32.7 Å². The van der Waals surface area contributed by atoms with Crippen molar-refractivity contribution in [2.24, 2.45) is 10.9 Å². The third-order valence-electron chi connectivity index (χ3n) is 4.96. The van der Waals surface area contributed by atoms with Crippen LogP contribution in [0.5, 0.6) is 0 Å². The number of aromatic nitrogens is 4. The summed E-state index contributed by atoms with van der Waals surface area (Å²) in [6.45, 7) is 0. The SMILES string of the molecule is CON=C(C(=O)NC1C(=O)N2C(C(=O)O)=C(C(N)Sc3n[nH]c(C(F)(F)F)n3)CS[C@@H]12)c1csc(N)n1. The average Bonchev–Trinajstić information content (AvgIpc) is 3.48. The number of alkyl halides is 3. The summed E-state index contributed by atoms with van der Waals surface area (Å²) in [4.78, 5) is 50.7. The van der Waals surface area contributed by atoms with Crippen LogP contribution >= 0.6 is 34.9 Å². The van der Waals surface area contributed by atoms with Crippen LogP contribution in [-0.4, -0.2) is 83.3 Å². The average molecular weight is 580 g/mol. The summed E-state index contributed by atoms with van der Waals surface area (Å²) in [5.41, 5.74) is 11.2. The summed E-state index contributed by atoms with van der Waals surface area (Å²) in [5, 5.41) is 20.5. The number of aliphatic carboxylic acids is 1. The van der Waals surface area contributed by atoms with E-state index < -0.39 is 52.3 Å². The van der Waals surface area contributed by atoms with Gasteiger partial charge in [-0.05, 0) is 5.57 Å². The third-order valence-corrected chi connectivity index (χ3v) is 7.87. The normalized spacial score (nSPS) is 20.8. The smallest absolute Gasteiger partial charge is 0.451 e. The molecule has 2 amide bonds. The van der Waals surface area contributed by atoms with Gasteiger partial charge in [0.25, 0.3) is 11.8 Å². The number of β-lactam (4-membered cyclic amide) rings is 1. The Labute approximate surface area is 217 Å². The van der Waals surface area contributed by atoms with Crippen LogP contribution in [0.1, 0.15) is 11.5 Å². The maximum atomic E-state index is 12.9. The molecule has 0 radical (unpaired) electrons. The van der Waals surface area contributed by atoms with Gasteiger partial charge in [0.15, 0.2) is 10.8 Å². The summed E-state index contributed by atoms with van der Waals surface area (Å²) < 4.78 is 38.3. The molecule has 0 aromatic carbocycles. The molecule has 1 fully saturated rings. The Kier molecular flexibility index (Phi) is 7.35. The lowest BCUT2D eigenvalue weighted by Crippen LogP contribution is -2.71. The number of rotatable bonds is 8. The lowest BCUT2D eigenvalue weighted by atomic mass is 10.0. The fraction of sp³-hybridized carbons (Fsp3) is 0.353. The van der Waals surface area contributed by atoms with Gasteiger partial charge >= 0.3 is 12.1 Å². The van der Waals surface area contributed by atoms with Crippen molar-refractivity contribution in [1.29, 1.82) is 0 Å². The van der Waals surface area contributed by atoms with Gasteiger partial charge in [-0.3, -0.25) is 19.6 Å². The molecule has 14 nitrogen and oxygen atoms in total. The largest absolute Gasteiger partial charge is 0.477 e. The zero-order valence-electron chi connectivity index (χ0n) is 18.3. The third kappa shape index (κ3) is 5.22. The second-order valence-electron chi connectivity index (χ2n) is 7.24. The fourth-order valence-electron chi connectivity index (χ4n) is 3.37. The number of fused-ring (bicyclic) bond motifs is 1. The maximum absolute atomic E-state index is 12.9. The highest BCUT2D eigenvalue weighted by molar-refractivity contribution is 8.01. The number of aromatic amines is 1. The number of thiazole rings is 1. The lowest BCUT2D eigenvalue weighted by Gasteiger charge is -2.49. The van der Waals surface area contributed by atoms with E-state index in [1.54, 1.807) is 5.10 Å². The van der Waals surface area contributed by atoms with Gasteiger partial charge < -0.3 is 26.7 Å². The zero-order valence-corrected chi connectivity index (χ0v) is 20.8. The Morgan fingerprint density at radius 2 is 2.16 bits per heavy atom. The molecule has 2 aliphatic rings. The number of hydrogen-bond donors (Lipinski definition) is 5. The molecule has 0 bridgehead atoms. The van der Waals surface area contributed by atoms with Crippen LogP contribution in [0.3, 0.4) is 0 Å². The second-order valence-corrected chi connectivity index (χ2v) is 10.3. The quantitative estimate of drug-likeness (QED) is 0.0921. The number of nitrogens with zero attached hydrogens (tertiary/aromatic N) is 5. The summed E-state index contributed by atoms with van der Waals surface area (Å²) in [7, 11) is 1.21. The molecular weight excluding hydrogens is 563 g/mol. The van der Waals surface area contributed by atoms with Crippen molar-refractivity contribution in [1.82, 2.24) is 30.4 Å². The van der Waals surface area contributed by atoms with Gasteiger partial charge in [-0.2, -0.15) is 18.2 Å². The van der Waals surface area contributed by atoms with Crippen molar-refractivity contribution in [2.75, 3.05) is 18.6 Å². The molecule has 4 rings (SSSR count). The van der Waals surface area contributed by atoms with Gasteiger partial charge in [0.1, 0.15) is 29.9 Å². The van der Waals surface area contributed by atoms with Gasteiger partial charge in [0, 0.05) is 11.1 Å². The fourth-order valence-corrected chi connectivity index (χ4v) is 6.24. The van der Waals surface area contributed by atoms with E-state index in [0.717, 1.165) is 28.0 Å². The number of anilines is 1. The van der Waals surface area contributed by atoms with E-state index in [-0.39, 0.29) is 33.0 Å². The van der Waals surface area contributed by atoms with E-state index in [1.807, 2.05) is 0 Å². The number of carboxylic acids is 1. The molecular formula is C17H16F3N9O5S3. The molecule has 2 aliphatic heterocycles. The predicted molar refractivity (Wildman–Crippen MR) is 125 cm³/mol. The molecule has 20 heteroatoms. The van der Waals surface area contributed by atoms with Crippen LogP contribution in [0.25, 0.3) is 0 Å². The molecule has 2 aromatic heterocycles. The van der Waals surface area contributed by atoms with Crippen LogP contribution in [0.15, 0.2) is 27.0 Å². The standard InChI is InChI=1S/C17H16F3N9O5S3/c1-34-28-6(5-3-36-15(22)23-5)10(30)24-7-11(31)29-8(13(32)33)4(2-35-12(7)29)9(21)37-16-25-14(26-27-16)17(18,19)20/h3,7,9,12H,2,21H2,1H3,(H2,22,23)(H,24,30)(H,32,33)(H,25,26,27)/t7?,9?,12-/m0/s1. The van der Waals surface area contributed by atoms with E-state index in [4.69, 9.17) is 11.5 Å². The van der Waals surface area contributed by atoms with Gasteiger partial charge in [0.05, 0.1) is 5.37 Å². The highest BCUT2D eigenvalue weighted by Gasteiger charge is 2.55. The van der Waals surface area contributed by atoms with Crippen LogP contribution in [0, 0.1) is 0 Å². The number of hydrogen-bond acceptors (Lipinski definition) is 13. The van der Waals surface area contributed by atoms with Gasteiger partial charge in [-0.25, -0.2) is 9.78 Å². The number of nitrogen functional groups attached to an aromatic ring is 1. The number of H-pyrrole nitrogens is 1. The Morgan fingerprint density at radius 3 is 2.73 bits per heavy atom. The highest BCUT2D eigenvalue weighted by atomic mass is 32.2. The van der Waals surface area contributed by atoms with Gasteiger partial charge in [-0.15, -0.1) is 28.2 Å². The molecule has 1 saturated heterocycles. The topological polar surface area (TPSA) is 215 Å². The number of nitrogens with one attached hydrogen (secondary N) is 2. The van der Waals surface area contributed by atoms with E-state index >= 15 is 0 Å². The predicted octanol–water partition coefficient (Wildman–Crippen LogP) is 0.0284. The van der Waals surface area contributed by atoms with Crippen molar-refractivity contribution in [2.45, 2.75) is 28.1 Å². The molecule has 2 aromatic rings. The Hall–Kier alpha value is -3.36. The van der Waals surface area contributed by atoms with Gasteiger partial charge in [-0.1, -0.05) is 16.9 Å². The summed E-state index contributed by atoms with van der Waals surface area (Å²) in [6, 6.07) is -1.10. The van der Waals surface area contributed by atoms with Crippen LogP contribution < -0.4 is 16.8 Å². The first kappa shape index (κ1) is 26.7. The maximum Gasteiger partial charge on any atom is 0.451 e. The first-order chi connectivity index (χ1) is 17.4. The molecule has 37 heavy (non-hydrogen) atoms. The number of nitrogens with two attached hydrogens (primary N) is 2. The first-order valence-corrected chi connectivity index (χ1v) is 12.7. The molecule has 7 N–H and O–H groups in total. The summed E-state index contributed by atoms with van der Waals surface area (Å²) in [5.74, 6) is -4.32. The minimum atomic E-state index is -4.75. The number of amides is 2. The van der Waals surface area contributed by atoms with Crippen molar-refractivity contribution in [3.05, 3.63) is 28.2 Å². The summed E-state index contributed by atoms with van der Waals surface area (Å²) >= 11 is 2.77. The van der Waals surface area contributed by atoms with Crippen molar-refractivity contribution < 1.29 is 37.5 Å². The van der Waals surface area contributed by atoms with Gasteiger partial charge in [0.2, 0.25) is 11.0 Å². The summed E-state index contributed by atoms with van der Waals surface area (Å²) in [6.07, 6.45) is -4.75. The number of halogens is 3. The Bertz CT molecular complexity index is 1310. The molecule has 2 unspecified atom stereocenters. The first-order valence-electron chi connectivity index (χ1n) is 9.88. The molecule has 3 atom stereocenters. The van der Waals surface area contributed by atoms with Crippen molar-refractivity contribution >= 4 is 63.5 Å². The Balaban J connectivity index is 1.51. The molecule has 0 spiro atoms. The van der Waals surface area contributed by atoms with Crippen LogP contribution in [0.4, 0.5) is 18.3 Å². The number of carbonyl (C=O) groups excluding carboxylic acids is 2. The van der Waals surface area contributed by atoms with Crippen LogP contribution in [-0.2, 0) is 25.4 Å². The lowest BCUT2D eigenvalue weighted by molar-refractivity contribution is -0.150. The monoisotopic (exact) mass is 579 g/mol. The van der Waals surface area contributed by atoms with E-state index in [2.05, 4.69) is 30.4 Å². The number of oxime groups is 1. The number of carbonyl (C=O) groups is 3. The van der Waals surface area contributed by atoms with Crippen LogP contribution in [0.2, 0.25) is 0 Å². The van der Waals surface area contributed by atoms with E-state index in [0.29, 0.717) is 11.8 Å². The molecule has 0 aliphatic carbocycles. The van der Waals surface area contributed by atoms with Crippen molar-refractivity contribution in [3.63, 3.8) is 0 Å². The second kappa shape index (κ2) is 10.2.